The summed E-state index contributed by atoms with van der Waals surface area (Å²) < 4.78 is 4.97. The van der Waals surface area contributed by atoms with Crippen LogP contribution in [0.15, 0.2) is 48.5 Å². The summed E-state index contributed by atoms with van der Waals surface area (Å²) in [7, 11) is 0. The lowest BCUT2D eigenvalue weighted by molar-refractivity contribution is -0.125. The molecule has 1 saturated carbocycles. The maximum absolute atomic E-state index is 12.8. The lowest BCUT2D eigenvalue weighted by Gasteiger charge is -2.25. The first-order chi connectivity index (χ1) is 16.7. The van der Waals surface area contributed by atoms with Crippen molar-refractivity contribution in [2.45, 2.75) is 26.2 Å². The molecule has 0 unspecified atom stereocenters. The van der Waals surface area contributed by atoms with Gasteiger partial charge in [0.05, 0.1) is 23.1 Å². The molecule has 1 heterocycles. The van der Waals surface area contributed by atoms with E-state index in [9.17, 15) is 24.0 Å². The molecule has 4 amide bonds. The highest BCUT2D eigenvalue weighted by atomic mass is 35.5. The standard InChI is InChI=1S/C25H24ClN3O6/c1-14-2-11-19-20(12-14)24(33)29(23(19)32)18-9-5-16(6-10-18)25(34)35-13-21(30)27-28-22(31)15-3-7-17(26)8-4-15/h3-10,14,19-20H,2,11-13H2,1H3,(H,27,30)(H,28,31)/t14-,19+,20-/m1/s1. The second kappa shape index (κ2) is 10.3. The van der Waals surface area contributed by atoms with Crippen LogP contribution in [0.25, 0.3) is 0 Å². The molecule has 0 radical (unpaired) electrons. The molecule has 2 aromatic rings. The van der Waals surface area contributed by atoms with Crippen LogP contribution in [0.3, 0.4) is 0 Å². The fourth-order valence-electron chi connectivity index (χ4n) is 4.44. The minimum absolute atomic E-state index is 0.150. The lowest BCUT2D eigenvalue weighted by atomic mass is 9.76. The molecule has 3 atom stereocenters. The normalized spacial score (nSPS) is 21.3. The molecule has 182 valence electrons. The van der Waals surface area contributed by atoms with E-state index in [1.165, 1.54) is 53.4 Å². The Balaban J connectivity index is 1.28. The van der Waals surface area contributed by atoms with Crippen LogP contribution in [0.2, 0.25) is 5.02 Å². The van der Waals surface area contributed by atoms with E-state index in [0.717, 1.165) is 6.42 Å². The van der Waals surface area contributed by atoms with E-state index in [0.29, 0.717) is 29.5 Å². The summed E-state index contributed by atoms with van der Waals surface area (Å²) in [6.45, 7) is 1.47. The van der Waals surface area contributed by atoms with Gasteiger partial charge in [-0.05, 0) is 73.7 Å². The number of hydrazine groups is 1. The number of fused-ring (bicyclic) bond motifs is 1. The van der Waals surface area contributed by atoms with Crippen LogP contribution < -0.4 is 15.8 Å². The zero-order valence-corrected chi connectivity index (χ0v) is 19.7. The maximum atomic E-state index is 12.8. The Morgan fingerprint density at radius 2 is 1.54 bits per heavy atom. The second-order valence-electron chi connectivity index (χ2n) is 8.78. The van der Waals surface area contributed by atoms with Crippen molar-refractivity contribution >= 4 is 46.9 Å². The average molecular weight is 498 g/mol. The van der Waals surface area contributed by atoms with E-state index in [2.05, 4.69) is 17.8 Å². The zero-order chi connectivity index (χ0) is 25.1. The topological polar surface area (TPSA) is 122 Å². The van der Waals surface area contributed by atoms with Crippen molar-refractivity contribution in [1.29, 1.82) is 0 Å². The third-order valence-electron chi connectivity index (χ3n) is 6.31. The Morgan fingerprint density at radius 1 is 0.914 bits per heavy atom. The van der Waals surface area contributed by atoms with Gasteiger partial charge in [0.15, 0.2) is 6.61 Å². The number of imide groups is 1. The van der Waals surface area contributed by atoms with Crippen LogP contribution in [-0.4, -0.2) is 36.2 Å². The fourth-order valence-corrected chi connectivity index (χ4v) is 4.57. The van der Waals surface area contributed by atoms with Crippen LogP contribution in [0.4, 0.5) is 5.69 Å². The number of hydrogen-bond acceptors (Lipinski definition) is 6. The highest BCUT2D eigenvalue weighted by molar-refractivity contribution is 6.30. The molecule has 0 aromatic heterocycles. The number of benzene rings is 2. The molecule has 35 heavy (non-hydrogen) atoms. The SMILES string of the molecule is C[C@@H]1CC[C@@H]2C(=O)N(c3ccc(C(=O)OCC(=O)NNC(=O)c4ccc(Cl)cc4)cc3)C(=O)[C@@H]2C1. The summed E-state index contributed by atoms with van der Waals surface area (Å²) in [4.78, 5) is 63.0. The summed E-state index contributed by atoms with van der Waals surface area (Å²) in [5.74, 6) is -2.60. The molecule has 10 heteroatoms. The number of ether oxygens (including phenoxy) is 1. The number of amides is 4. The molecular weight excluding hydrogens is 474 g/mol. The van der Waals surface area contributed by atoms with Gasteiger partial charge in [0.2, 0.25) is 11.8 Å². The van der Waals surface area contributed by atoms with E-state index < -0.39 is 24.4 Å². The smallest absolute Gasteiger partial charge is 0.338 e. The van der Waals surface area contributed by atoms with Gasteiger partial charge in [0.25, 0.3) is 11.8 Å². The quantitative estimate of drug-likeness (QED) is 0.372. The third-order valence-corrected chi connectivity index (χ3v) is 6.56. The van der Waals surface area contributed by atoms with Crippen molar-refractivity contribution in [2.75, 3.05) is 11.5 Å². The van der Waals surface area contributed by atoms with E-state index in [4.69, 9.17) is 16.3 Å². The predicted molar refractivity (Wildman–Crippen MR) is 126 cm³/mol. The summed E-state index contributed by atoms with van der Waals surface area (Å²) in [5.41, 5.74) is 5.21. The second-order valence-corrected chi connectivity index (χ2v) is 9.21. The Morgan fingerprint density at radius 3 is 2.23 bits per heavy atom. The van der Waals surface area contributed by atoms with E-state index >= 15 is 0 Å². The van der Waals surface area contributed by atoms with Gasteiger partial charge < -0.3 is 4.74 Å². The number of nitrogens with one attached hydrogen (secondary N) is 2. The average Bonchev–Trinajstić information content (AvgIpc) is 3.10. The molecule has 2 N–H and O–H groups in total. The molecule has 9 nitrogen and oxygen atoms in total. The van der Waals surface area contributed by atoms with Gasteiger partial charge in [-0.25, -0.2) is 4.79 Å². The molecule has 2 aromatic carbocycles. The summed E-state index contributed by atoms with van der Waals surface area (Å²) in [5, 5.41) is 0.469. The highest BCUT2D eigenvalue weighted by Crippen LogP contribution is 2.42. The number of carbonyl (C=O) groups is 5. The van der Waals surface area contributed by atoms with Crippen LogP contribution in [0, 0.1) is 17.8 Å². The largest absolute Gasteiger partial charge is 0.452 e. The number of nitrogens with zero attached hydrogens (tertiary/aromatic N) is 1. The van der Waals surface area contributed by atoms with Crippen LogP contribution in [0.1, 0.15) is 46.9 Å². The molecule has 2 aliphatic rings. The Kier molecular flexibility index (Phi) is 7.16. The first-order valence-corrected chi connectivity index (χ1v) is 11.6. The molecular formula is C25H24ClN3O6. The molecule has 0 spiro atoms. The number of carbonyl (C=O) groups excluding carboxylic acids is 5. The number of rotatable bonds is 5. The molecule has 2 fully saturated rings. The third kappa shape index (κ3) is 5.35. The van der Waals surface area contributed by atoms with Gasteiger partial charge in [-0.3, -0.25) is 34.9 Å². The van der Waals surface area contributed by atoms with Crippen molar-refractivity contribution in [1.82, 2.24) is 10.9 Å². The predicted octanol–water partition coefficient (Wildman–Crippen LogP) is 2.88. The van der Waals surface area contributed by atoms with Gasteiger partial charge in [0, 0.05) is 10.6 Å². The summed E-state index contributed by atoms with van der Waals surface area (Å²) in [6, 6.07) is 11.9. The van der Waals surface area contributed by atoms with Gasteiger partial charge in [-0.2, -0.15) is 0 Å². The Hall–Kier alpha value is -3.72. The van der Waals surface area contributed by atoms with Crippen LogP contribution in [-0.2, 0) is 19.1 Å². The number of anilines is 1. The summed E-state index contributed by atoms with van der Waals surface area (Å²) >= 11 is 5.77. The van der Waals surface area contributed by atoms with Gasteiger partial charge in [-0.15, -0.1) is 0 Å². The maximum Gasteiger partial charge on any atom is 0.338 e. The van der Waals surface area contributed by atoms with E-state index in [-0.39, 0.29) is 34.8 Å². The summed E-state index contributed by atoms with van der Waals surface area (Å²) in [6.07, 6.45) is 2.34. The van der Waals surface area contributed by atoms with Crippen LogP contribution >= 0.6 is 11.6 Å². The molecule has 1 saturated heterocycles. The number of halogens is 1. The van der Waals surface area contributed by atoms with E-state index in [1.54, 1.807) is 0 Å². The van der Waals surface area contributed by atoms with Crippen LogP contribution in [0.5, 0.6) is 0 Å². The monoisotopic (exact) mass is 497 g/mol. The van der Waals surface area contributed by atoms with Gasteiger partial charge in [0.1, 0.15) is 0 Å². The minimum atomic E-state index is -0.766. The first kappa shape index (κ1) is 24.4. The number of hydrogen-bond donors (Lipinski definition) is 2. The van der Waals surface area contributed by atoms with Crippen molar-refractivity contribution < 1.29 is 28.7 Å². The van der Waals surface area contributed by atoms with Crippen molar-refractivity contribution in [3.8, 4) is 0 Å². The lowest BCUT2D eigenvalue weighted by Crippen LogP contribution is -2.43. The van der Waals surface area contributed by atoms with Crippen molar-refractivity contribution in [3.05, 3.63) is 64.7 Å². The van der Waals surface area contributed by atoms with Crippen molar-refractivity contribution in [3.63, 3.8) is 0 Å². The van der Waals surface area contributed by atoms with Crippen molar-refractivity contribution in [2.24, 2.45) is 17.8 Å². The molecule has 4 rings (SSSR count). The van der Waals surface area contributed by atoms with Gasteiger partial charge >= 0.3 is 5.97 Å². The first-order valence-electron chi connectivity index (χ1n) is 11.2. The van der Waals surface area contributed by atoms with E-state index in [1.807, 2.05) is 0 Å². The Labute approximate surface area is 206 Å². The molecule has 1 aliphatic heterocycles. The zero-order valence-electron chi connectivity index (χ0n) is 19.0. The number of esters is 1. The molecule has 0 bridgehead atoms. The minimum Gasteiger partial charge on any atom is -0.452 e. The van der Waals surface area contributed by atoms with Gasteiger partial charge in [-0.1, -0.05) is 18.5 Å². The highest BCUT2D eigenvalue weighted by Gasteiger charge is 2.49. The Bertz CT molecular complexity index is 1160. The fraction of sp³-hybridized carbons (Fsp3) is 0.320. The molecule has 1 aliphatic carbocycles.